The summed E-state index contributed by atoms with van der Waals surface area (Å²) in [6.07, 6.45) is 2.39. The molecule has 1 heterocycles. The van der Waals surface area contributed by atoms with Crippen molar-refractivity contribution in [2.45, 2.75) is 26.2 Å². The van der Waals surface area contributed by atoms with E-state index < -0.39 is 0 Å². The third kappa shape index (κ3) is 2.20. The Labute approximate surface area is 80.8 Å². The molecule has 0 aliphatic carbocycles. The zero-order valence-electron chi connectivity index (χ0n) is 6.80. The highest BCUT2D eigenvalue weighted by Gasteiger charge is 2.07. The molecule has 0 fully saturated rings. The van der Waals surface area contributed by atoms with E-state index in [1.54, 1.807) is 11.3 Å². The Balaban J connectivity index is 2.79. The number of aromatic nitrogens is 1. The summed E-state index contributed by atoms with van der Waals surface area (Å²) in [5.74, 6) is 0. The smallest absolute Gasteiger partial charge is 0.144 e. The Morgan fingerprint density at radius 2 is 2.42 bits per heavy atom. The predicted octanol–water partition coefficient (Wildman–Crippen LogP) is 2.82. The number of rotatable bonds is 3. The highest BCUT2D eigenvalue weighted by atomic mass is 35.5. The van der Waals surface area contributed by atoms with Crippen molar-refractivity contribution < 1.29 is 0 Å². The van der Waals surface area contributed by atoms with Crippen LogP contribution in [-0.4, -0.2) is 4.98 Å². The maximum Gasteiger partial charge on any atom is 0.144 e. The summed E-state index contributed by atoms with van der Waals surface area (Å²) in [5, 5.41) is 9.99. The van der Waals surface area contributed by atoms with E-state index in [4.69, 9.17) is 16.9 Å². The van der Waals surface area contributed by atoms with Crippen molar-refractivity contribution in [1.29, 1.82) is 5.26 Å². The fourth-order valence-corrected chi connectivity index (χ4v) is 2.21. The summed E-state index contributed by atoms with van der Waals surface area (Å²) in [4.78, 5) is 5.04. The average molecular weight is 201 g/mol. The van der Waals surface area contributed by atoms with Gasteiger partial charge in [0.1, 0.15) is 5.15 Å². The summed E-state index contributed by atoms with van der Waals surface area (Å²) < 4.78 is 0. The molecule has 1 aromatic rings. The monoisotopic (exact) mass is 200 g/mol. The van der Waals surface area contributed by atoms with Crippen molar-refractivity contribution in [2.75, 3.05) is 0 Å². The first-order chi connectivity index (χ1) is 5.77. The van der Waals surface area contributed by atoms with Gasteiger partial charge in [0.05, 0.1) is 22.4 Å². The first-order valence-electron chi connectivity index (χ1n) is 3.79. The number of nitrogens with zero attached hydrogens (tertiary/aromatic N) is 2. The van der Waals surface area contributed by atoms with Crippen LogP contribution in [0.2, 0.25) is 5.15 Å². The third-order valence-electron chi connectivity index (χ3n) is 1.40. The van der Waals surface area contributed by atoms with Gasteiger partial charge in [-0.1, -0.05) is 18.5 Å². The maximum absolute atomic E-state index is 8.45. The quantitative estimate of drug-likeness (QED) is 0.753. The van der Waals surface area contributed by atoms with Gasteiger partial charge in [0, 0.05) is 0 Å². The maximum atomic E-state index is 8.45. The second-order valence-electron chi connectivity index (χ2n) is 2.41. The molecule has 0 bridgehead atoms. The lowest BCUT2D eigenvalue weighted by atomic mass is 10.4. The number of halogens is 1. The van der Waals surface area contributed by atoms with Crippen LogP contribution in [0.15, 0.2) is 0 Å². The van der Waals surface area contributed by atoms with Gasteiger partial charge in [-0.15, -0.1) is 11.3 Å². The van der Waals surface area contributed by atoms with Crippen LogP contribution in [0.25, 0.3) is 0 Å². The molecule has 0 N–H and O–H groups in total. The van der Waals surface area contributed by atoms with Gasteiger partial charge in [0.25, 0.3) is 0 Å². The molecule has 1 rings (SSSR count). The Hall–Kier alpha value is -0.590. The van der Waals surface area contributed by atoms with Crippen LogP contribution in [0, 0.1) is 11.3 Å². The normalized spacial score (nSPS) is 9.75. The summed E-state index contributed by atoms with van der Waals surface area (Å²) in [5.41, 5.74) is 0. The Kier molecular flexibility index (Phi) is 3.51. The summed E-state index contributed by atoms with van der Waals surface area (Å²) >= 11 is 7.35. The number of aryl methyl sites for hydroxylation is 1. The van der Waals surface area contributed by atoms with Gasteiger partial charge in [0.2, 0.25) is 0 Å². The largest absolute Gasteiger partial charge is 0.229 e. The summed E-state index contributed by atoms with van der Waals surface area (Å²) in [6, 6.07) is 2.07. The van der Waals surface area contributed by atoms with Crippen molar-refractivity contribution in [3.05, 3.63) is 15.0 Å². The Morgan fingerprint density at radius 3 is 3.00 bits per heavy atom. The van der Waals surface area contributed by atoms with Crippen LogP contribution >= 0.6 is 22.9 Å². The van der Waals surface area contributed by atoms with Crippen LogP contribution in [-0.2, 0) is 12.8 Å². The molecule has 0 atom stereocenters. The first kappa shape index (κ1) is 9.50. The molecular weight excluding hydrogens is 192 g/mol. The van der Waals surface area contributed by atoms with E-state index in [0.29, 0.717) is 11.6 Å². The molecule has 0 saturated heterocycles. The first-order valence-corrected chi connectivity index (χ1v) is 4.98. The van der Waals surface area contributed by atoms with E-state index in [-0.39, 0.29) is 0 Å². The fourth-order valence-electron chi connectivity index (χ4n) is 0.881. The van der Waals surface area contributed by atoms with Gasteiger partial charge in [-0.2, -0.15) is 5.26 Å². The molecule has 12 heavy (non-hydrogen) atoms. The van der Waals surface area contributed by atoms with Gasteiger partial charge < -0.3 is 0 Å². The SMILES string of the molecule is CCCc1nc(Cl)c(CC#N)s1. The number of nitriles is 1. The zero-order valence-corrected chi connectivity index (χ0v) is 8.37. The topological polar surface area (TPSA) is 36.7 Å². The molecular formula is C8H9ClN2S. The zero-order chi connectivity index (χ0) is 8.97. The molecule has 0 saturated carbocycles. The molecule has 0 spiro atoms. The predicted molar refractivity (Wildman–Crippen MR) is 50.4 cm³/mol. The molecule has 64 valence electrons. The Morgan fingerprint density at radius 1 is 1.67 bits per heavy atom. The van der Waals surface area contributed by atoms with E-state index in [9.17, 15) is 0 Å². The minimum atomic E-state index is 0.375. The molecule has 0 unspecified atom stereocenters. The number of hydrogen-bond donors (Lipinski definition) is 0. The van der Waals surface area contributed by atoms with Gasteiger partial charge in [-0.3, -0.25) is 0 Å². The van der Waals surface area contributed by atoms with Gasteiger partial charge in [-0.25, -0.2) is 4.98 Å². The number of hydrogen-bond acceptors (Lipinski definition) is 3. The second-order valence-corrected chi connectivity index (χ2v) is 3.93. The van der Waals surface area contributed by atoms with Crippen molar-refractivity contribution in [3.8, 4) is 6.07 Å². The van der Waals surface area contributed by atoms with E-state index in [2.05, 4.69) is 18.0 Å². The fraction of sp³-hybridized carbons (Fsp3) is 0.500. The molecule has 0 amide bonds. The molecule has 0 aliphatic heterocycles. The summed E-state index contributed by atoms with van der Waals surface area (Å²) in [7, 11) is 0. The lowest BCUT2D eigenvalue weighted by Crippen LogP contribution is -1.78. The van der Waals surface area contributed by atoms with Crippen LogP contribution in [0.5, 0.6) is 0 Å². The van der Waals surface area contributed by atoms with Crippen molar-refractivity contribution in [1.82, 2.24) is 4.98 Å². The average Bonchev–Trinajstić information content (AvgIpc) is 2.34. The van der Waals surface area contributed by atoms with Gasteiger partial charge in [0.15, 0.2) is 0 Å². The highest BCUT2D eigenvalue weighted by molar-refractivity contribution is 7.12. The minimum absolute atomic E-state index is 0.375. The van der Waals surface area contributed by atoms with Crippen LogP contribution in [0.1, 0.15) is 23.2 Å². The van der Waals surface area contributed by atoms with Crippen molar-refractivity contribution in [2.24, 2.45) is 0 Å². The lowest BCUT2D eigenvalue weighted by Gasteiger charge is -1.85. The van der Waals surface area contributed by atoms with E-state index in [0.717, 1.165) is 22.7 Å². The van der Waals surface area contributed by atoms with Gasteiger partial charge in [-0.05, 0) is 12.8 Å². The molecule has 0 aliphatic rings. The Bertz CT molecular complexity index is 300. The van der Waals surface area contributed by atoms with E-state index in [1.807, 2.05) is 0 Å². The molecule has 2 nitrogen and oxygen atoms in total. The van der Waals surface area contributed by atoms with Crippen LogP contribution < -0.4 is 0 Å². The molecule has 0 aromatic carbocycles. The van der Waals surface area contributed by atoms with Gasteiger partial charge >= 0.3 is 0 Å². The minimum Gasteiger partial charge on any atom is -0.229 e. The van der Waals surface area contributed by atoms with Crippen molar-refractivity contribution >= 4 is 22.9 Å². The molecule has 0 radical (unpaired) electrons. The lowest BCUT2D eigenvalue weighted by molar-refractivity contribution is 0.909. The van der Waals surface area contributed by atoms with Crippen molar-refractivity contribution in [3.63, 3.8) is 0 Å². The van der Waals surface area contributed by atoms with Crippen LogP contribution in [0.3, 0.4) is 0 Å². The highest BCUT2D eigenvalue weighted by Crippen LogP contribution is 2.24. The molecule has 1 aromatic heterocycles. The van der Waals surface area contributed by atoms with E-state index >= 15 is 0 Å². The standard InChI is InChI=1S/C8H9ClN2S/c1-2-3-7-11-8(9)6(12-7)4-5-10/h2-4H2,1H3. The number of thiazole rings is 1. The molecule has 4 heteroatoms. The summed E-state index contributed by atoms with van der Waals surface area (Å²) in [6.45, 7) is 2.10. The van der Waals surface area contributed by atoms with E-state index in [1.165, 1.54) is 0 Å². The third-order valence-corrected chi connectivity index (χ3v) is 2.94. The van der Waals surface area contributed by atoms with Crippen LogP contribution in [0.4, 0.5) is 0 Å². The second kappa shape index (κ2) is 4.44.